The van der Waals surface area contributed by atoms with Crippen LogP contribution in [0.25, 0.3) is 0 Å². The number of rotatable bonds is 4. The third-order valence-corrected chi connectivity index (χ3v) is 4.05. The van der Waals surface area contributed by atoms with Gasteiger partial charge in [-0.1, -0.05) is 0 Å². The Balaban J connectivity index is 2.26. The van der Waals surface area contributed by atoms with Crippen LogP contribution in [-0.4, -0.2) is 36.6 Å². The summed E-state index contributed by atoms with van der Waals surface area (Å²) < 4.78 is 34.1. The molecule has 6 heteroatoms. The molecular formula is C16H21F2NO3. The number of amides is 1. The van der Waals surface area contributed by atoms with Crippen molar-refractivity contribution in [3.8, 4) is 11.5 Å². The van der Waals surface area contributed by atoms with Crippen LogP contribution in [0.4, 0.5) is 8.78 Å². The SMILES string of the molecule is COc1cc(C(=O)N2C(C)CCCC2C)ccc1OC(F)F. The minimum Gasteiger partial charge on any atom is -0.493 e. The van der Waals surface area contributed by atoms with E-state index in [-0.39, 0.29) is 29.5 Å². The van der Waals surface area contributed by atoms with Crippen molar-refractivity contribution >= 4 is 5.91 Å². The Morgan fingerprint density at radius 2 is 1.86 bits per heavy atom. The number of hydrogen-bond acceptors (Lipinski definition) is 3. The molecule has 1 aromatic carbocycles. The molecule has 0 aromatic heterocycles. The predicted octanol–water partition coefficient (Wildman–Crippen LogP) is 3.70. The molecule has 1 aliphatic heterocycles. The molecule has 0 radical (unpaired) electrons. The van der Waals surface area contributed by atoms with Crippen LogP contribution in [0, 0.1) is 0 Å². The van der Waals surface area contributed by atoms with E-state index in [9.17, 15) is 13.6 Å². The molecule has 1 amide bonds. The zero-order valence-electron chi connectivity index (χ0n) is 13.0. The first-order chi connectivity index (χ1) is 10.4. The molecule has 0 saturated carbocycles. The standard InChI is InChI=1S/C16H21F2NO3/c1-10-5-4-6-11(2)19(10)15(20)12-7-8-13(22-16(17)18)14(9-12)21-3/h7-11,16H,4-6H2,1-3H3. The normalized spacial score (nSPS) is 21.8. The van der Waals surface area contributed by atoms with E-state index in [1.807, 2.05) is 18.7 Å². The highest BCUT2D eigenvalue weighted by atomic mass is 19.3. The van der Waals surface area contributed by atoms with Gasteiger partial charge in [-0.15, -0.1) is 0 Å². The van der Waals surface area contributed by atoms with Gasteiger partial charge in [0.2, 0.25) is 0 Å². The summed E-state index contributed by atoms with van der Waals surface area (Å²) >= 11 is 0. The molecule has 2 unspecified atom stereocenters. The van der Waals surface area contributed by atoms with Gasteiger partial charge in [-0.3, -0.25) is 4.79 Å². The Bertz CT molecular complexity index is 526. The molecule has 1 saturated heterocycles. The second kappa shape index (κ2) is 6.94. The third kappa shape index (κ3) is 3.48. The number of carbonyl (C=O) groups is 1. The van der Waals surface area contributed by atoms with Crippen molar-refractivity contribution in [1.82, 2.24) is 4.90 Å². The number of nitrogens with zero attached hydrogens (tertiary/aromatic N) is 1. The van der Waals surface area contributed by atoms with Crippen LogP contribution in [-0.2, 0) is 0 Å². The first kappa shape index (κ1) is 16.5. The molecule has 4 nitrogen and oxygen atoms in total. The number of likely N-dealkylation sites (tertiary alicyclic amines) is 1. The lowest BCUT2D eigenvalue weighted by Crippen LogP contribution is -2.47. The van der Waals surface area contributed by atoms with Crippen molar-refractivity contribution < 1.29 is 23.0 Å². The average Bonchev–Trinajstić information content (AvgIpc) is 2.46. The molecule has 0 N–H and O–H groups in total. The summed E-state index contributed by atoms with van der Waals surface area (Å²) in [6.07, 6.45) is 3.05. The Morgan fingerprint density at radius 1 is 1.23 bits per heavy atom. The highest BCUT2D eigenvalue weighted by Crippen LogP contribution is 2.31. The van der Waals surface area contributed by atoms with Gasteiger partial charge in [-0.25, -0.2) is 0 Å². The molecule has 0 bridgehead atoms. The highest BCUT2D eigenvalue weighted by molar-refractivity contribution is 5.95. The first-order valence-corrected chi connectivity index (χ1v) is 7.39. The number of methoxy groups -OCH3 is 1. The molecule has 1 heterocycles. The average molecular weight is 313 g/mol. The van der Waals surface area contributed by atoms with Crippen molar-refractivity contribution in [3.63, 3.8) is 0 Å². The summed E-state index contributed by atoms with van der Waals surface area (Å²) in [4.78, 5) is 14.6. The van der Waals surface area contributed by atoms with E-state index in [1.165, 1.54) is 25.3 Å². The van der Waals surface area contributed by atoms with E-state index in [0.717, 1.165) is 19.3 Å². The number of piperidine rings is 1. The van der Waals surface area contributed by atoms with Gasteiger partial charge in [0.1, 0.15) is 0 Å². The molecule has 1 fully saturated rings. The van der Waals surface area contributed by atoms with Crippen molar-refractivity contribution in [1.29, 1.82) is 0 Å². The molecule has 22 heavy (non-hydrogen) atoms. The fourth-order valence-corrected chi connectivity index (χ4v) is 2.96. The van der Waals surface area contributed by atoms with Gasteiger partial charge >= 0.3 is 6.61 Å². The number of carbonyl (C=O) groups excluding carboxylic acids is 1. The number of benzene rings is 1. The van der Waals surface area contributed by atoms with Crippen LogP contribution in [0.3, 0.4) is 0 Å². The molecule has 122 valence electrons. The molecule has 1 aromatic rings. The molecule has 1 aliphatic rings. The van der Waals surface area contributed by atoms with Gasteiger partial charge in [0.05, 0.1) is 7.11 Å². The lowest BCUT2D eigenvalue weighted by molar-refractivity contribution is -0.0512. The highest BCUT2D eigenvalue weighted by Gasteiger charge is 2.30. The van der Waals surface area contributed by atoms with Gasteiger partial charge in [-0.2, -0.15) is 8.78 Å². The summed E-state index contributed by atoms with van der Waals surface area (Å²) in [6.45, 7) is 1.12. The Labute approximate surface area is 129 Å². The van der Waals surface area contributed by atoms with Crippen molar-refractivity contribution in [2.24, 2.45) is 0 Å². The summed E-state index contributed by atoms with van der Waals surface area (Å²) in [7, 11) is 1.36. The molecule has 0 spiro atoms. The van der Waals surface area contributed by atoms with E-state index in [0.29, 0.717) is 5.56 Å². The monoisotopic (exact) mass is 313 g/mol. The lowest BCUT2D eigenvalue weighted by Gasteiger charge is -2.39. The number of hydrogen-bond donors (Lipinski definition) is 0. The van der Waals surface area contributed by atoms with Gasteiger partial charge in [0.15, 0.2) is 11.5 Å². The predicted molar refractivity (Wildman–Crippen MR) is 78.6 cm³/mol. The summed E-state index contributed by atoms with van der Waals surface area (Å²) in [6, 6.07) is 4.63. The van der Waals surface area contributed by atoms with Gasteiger partial charge in [0, 0.05) is 17.6 Å². The van der Waals surface area contributed by atoms with Crippen molar-refractivity contribution in [2.75, 3.05) is 7.11 Å². The smallest absolute Gasteiger partial charge is 0.387 e. The maximum absolute atomic E-state index is 12.7. The quantitative estimate of drug-likeness (QED) is 0.851. The minimum atomic E-state index is -2.93. The van der Waals surface area contributed by atoms with Crippen LogP contribution in [0.5, 0.6) is 11.5 Å². The van der Waals surface area contributed by atoms with E-state index in [1.54, 1.807) is 0 Å². The van der Waals surface area contributed by atoms with E-state index >= 15 is 0 Å². The maximum Gasteiger partial charge on any atom is 0.387 e. The van der Waals surface area contributed by atoms with E-state index in [2.05, 4.69) is 4.74 Å². The topological polar surface area (TPSA) is 38.8 Å². The molecule has 2 rings (SSSR count). The molecular weight excluding hydrogens is 292 g/mol. The zero-order valence-corrected chi connectivity index (χ0v) is 13.0. The van der Waals surface area contributed by atoms with Crippen molar-refractivity contribution in [3.05, 3.63) is 23.8 Å². The largest absolute Gasteiger partial charge is 0.493 e. The third-order valence-electron chi connectivity index (χ3n) is 4.05. The van der Waals surface area contributed by atoms with Crippen LogP contribution in [0.2, 0.25) is 0 Å². The van der Waals surface area contributed by atoms with Gasteiger partial charge < -0.3 is 14.4 Å². The fraction of sp³-hybridized carbons (Fsp3) is 0.562. The van der Waals surface area contributed by atoms with Crippen LogP contribution in [0.1, 0.15) is 43.5 Å². The van der Waals surface area contributed by atoms with Crippen molar-refractivity contribution in [2.45, 2.75) is 51.8 Å². The van der Waals surface area contributed by atoms with Gasteiger partial charge in [0.25, 0.3) is 5.91 Å². The number of ether oxygens (including phenoxy) is 2. The minimum absolute atomic E-state index is 0.0752. The molecule has 2 atom stereocenters. The lowest BCUT2D eigenvalue weighted by atomic mass is 9.96. The molecule has 0 aliphatic carbocycles. The van der Waals surface area contributed by atoms with E-state index < -0.39 is 6.61 Å². The fourth-order valence-electron chi connectivity index (χ4n) is 2.96. The van der Waals surface area contributed by atoms with Gasteiger partial charge in [-0.05, 0) is 51.3 Å². The Hall–Kier alpha value is -1.85. The second-order valence-electron chi connectivity index (χ2n) is 5.59. The Kier molecular flexibility index (Phi) is 5.21. The summed E-state index contributed by atoms with van der Waals surface area (Å²) in [5.74, 6) is -0.0566. The maximum atomic E-state index is 12.7. The number of alkyl halides is 2. The van der Waals surface area contributed by atoms with E-state index in [4.69, 9.17) is 4.74 Å². The van der Waals surface area contributed by atoms with Crippen LogP contribution in [0.15, 0.2) is 18.2 Å². The summed E-state index contributed by atoms with van der Waals surface area (Å²) in [5, 5.41) is 0. The zero-order chi connectivity index (χ0) is 16.3. The van der Waals surface area contributed by atoms with Crippen LogP contribution >= 0.6 is 0 Å². The first-order valence-electron chi connectivity index (χ1n) is 7.39. The summed E-state index contributed by atoms with van der Waals surface area (Å²) in [5.41, 5.74) is 0.416. The van der Waals surface area contributed by atoms with Crippen LogP contribution < -0.4 is 9.47 Å². The number of halogens is 2. The second-order valence-corrected chi connectivity index (χ2v) is 5.59. The Morgan fingerprint density at radius 3 is 2.41 bits per heavy atom.